The number of carbonyl (C=O) groups is 2. The van der Waals surface area contributed by atoms with E-state index in [1.807, 2.05) is 0 Å². The van der Waals surface area contributed by atoms with Crippen molar-refractivity contribution in [1.82, 2.24) is 24.1 Å². The molecule has 2 atom stereocenters. The predicted molar refractivity (Wildman–Crippen MR) is 160 cm³/mol. The number of benzene rings is 1. The summed E-state index contributed by atoms with van der Waals surface area (Å²) in [4.78, 5) is 49.6. The Morgan fingerprint density at radius 2 is 1.82 bits per heavy atom. The summed E-state index contributed by atoms with van der Waals surface area (Å²) in [5.41, 5.74) is 2.05. The van der Waals surface area contributed by atoms with Crippen LogP contribution in [0.25, 0.3) is 22.3 Å². The van der Waals surface area contributed by atoms with E-state index in [2.05, 4.69) is 20.9 Å². The Morgan fingerprint density at radius 1 is 1.13 bits per heavy atom. The van der Waals surface area contributed by atoms with Crippen LogP contribution in [0.4, 0.5) is 5.82 Å². The highest BCUT2D eigenvalue weighted by Gasteiger charge is 2.50. The number of rotatable bonds is 14. The average molecular weight is 641 g/mol. The van der Waals surface area contributed by atoms with Crippen molar-refractivity contribution in [3.05, 3.63) is 70.1 Å². The smallest absolute Gasteiger partial charge is 0.348 e. The van der Waals surface area contributed by atoms with Crippen LogP contribution in [0.5, 0.6) is 0 Å². The first-order valence-electron chi connectivity index (χ1n) is 13.1. The lowest BCUT2D eigenvalue weighted by Crippen LogP contribution is -2.55. The third-order valence-electron chi connectivity index (χ3n) is 7.12. The van der Waals surface area contributed by atoms with Crippen LogP contribution in [0.3, 0.4) is 0 Å². The number of nitrogens with two attached hydrogens (primary N) is 1. The summed E-state index contributed by atoms with van der Waals surface area (Å²) in [6.45, 7) is -1.09. The number of carboxylic acids is 2. The third kappa shape index (κ3) is 6.65. The molecule has 0 amide bonds. The highest BCUT2D eigenvalue weighted by Crippen LogP contribution is 2.27. The number of methoxy groups -OCH3 is 2. The monoisotopic (exact) mass is 640 g/mol. The molecule has 0 saturated heterocycles. The van der Waals surface area contributed by atoms with E-state index in [1.54, 1.807) is 30.5 Å². The van der Waals surface area contributed by atoms with Crippen LogP contribution in [0.2, 0.25) is 5.28 Å². The average Bonchev–Trinajstić information content (AvgIpc) is 3.40. The van der Waals surface area contributed by atoms with Gasteiger partial charge in [-0.3, -0.25) is 9.36 Å². The Kier molecular flexibility index (Phi) is 9.86. The van der Waals surface area contributed by atoms with Gasteiger partial charge >= 0.3 is 11.9 Å². The highest BCUT2D eigenvalue weighted by molar-refractivity contribution is 6.28. The number of aliphatic carboxylic acids is 2. The number of carboxylic acid groups (broad SMARTS) is 2. The normalized spacial score (nSPS) is 13.7. The van der Waals surface area contributed by atoms with Gasteiger partial charge in [0.05, 0.1) is 19.5 Å². The summed E-state index contributed by atoms with van der Waals surface area (Å²) in [5, 5.41) is 31.4. The maximum atomic E-state index is 12.8. The molecule has 3 heterocycles. The second kappa shape index (κ2) is 13.4. The molecular formula is C29H29ClN6O9. The van der Waals surface area contributed by atoms with E-state index >= 15 is 0 Å². The van der Waals surface area contributed by atoms with Crippen molar-refractivity contribution in [2.45, 2.75) is 37.0 Å². The Labute approximate surface area is 260 Å². The number of terminal acetylenes is 1. The number of ether oxygens (including phenoxy) is 3. The summed E-state index contributed by atoms with van der Waals surface area (Å²) in [5.74, 6) is -1.40. The van der Waals surface area contributed by atoms with E-state index in [4.69, 9.17) is 38.0 Å². The van der Waals surface area contributed by atoms with Gasteiger partial charge in [0.1, 0.15) is 18.4 Å². The Morgan fingerprint density at radius 3 is 2.42 bits per heavy atom. The number of anilines is 1. The van der Waals surface area contributed by atoms with Crippen LogP contribution in [0.1, 0.15) is 5.56 Å². The first-order chi connectivity index (χ1) is 21.4. The summed E-state index contributed by atoms with van der Waals surface area (Å²) < 4.78 is 18.6. The third-order valence-corrected chi connectivity index (χ3v) is 7.29. The minimum atomic E-state index is -2.80. The minimum Gasteiger partial charge on any atom is -0.479 e. The molecule has 0 saturated carbocycles. The first-order valence-corrected chi connectivity index (χ1v) is 13.5. The zero-order valence-corrected chi connectivity index (χ0v) is 24.8. The van der Waals surface area contributed by atoms with Gasteiger partial charge in [0, 0.05) is 32.4 Å². The Hall–Kier alpha value is -4.85. The van der Waals surface area contributed by atoms with Gasteiger partial charge in [0.25, 0.3) is 11.2 Å². The number of fused-ring (bicyclic) bond motifs is 1. The molecule has 1 aromatic carbocycles. The summed E-state index contributed by atoms with van der Waals surface area (Å²) >= 11 is 5.92. The molecule has 0 aliphatic heterocycles. The summed E-state index contributed by atoms with van der Waals surface area (Å²) in [7, 11) is 2.64. The lowest BCUT2D eigenvalue weighted by molar-refractivity contribution is -0.193. The number of hydrogen-bond acceptors (Lipinski definition) is 11. The number of hydrogen-bond donors (Lipinski definition) is 4. The largest absolute Gasteiger partial charge is 0.479 e. The number of pyridine rings is 1. The maximum Gasteiger partial charge on any atom is 0.348 e. The predicted octanol–water partition coefficient (Wildman–Crippen LogP) is 1.04. The molecule has 16 heteroatoms. The molecular weight excluding hydrogens is 612 g/mol. The van der Waals surface area contributed by atoms with Crippen molar-refractivity contribution in [3.63, 3.8) is 0 Å². The molecule has 3 aromatic heterocycles. The van der Waals surface area contributed by atoms with Gasteiger partial charge in [0.15, 0.2) is 17.1 Å². The molecule has 0 fully saturated rings. The fourth-order valence-electron chi connectivity index (χ4n) is 4.68. The van der Waals surface area contributed by atoms with Crippen molar-refractivity contribution < 1.29 is 39.1 Å². The molecule has 0 bridgehead atoms. The van der Waals surface area contributed by atoms with Gasteiger partial charge in [-0.25, -0.2) is 14.6 Å². The zero-order valence-electron chi connectivity index (χ0n) is 24.1. The van der Waals surface area contributed by atoms with Crippen molar-refractivity contribution in [2.75, 3.05) is 26.6 Å². The fourth-order valence-corrected chi connectivity index (χ4v) is 4.85. The number of aliphatic hydroxyl groups is 1. The zero-order chi connectivity index (χ0) is 32.9. The highest BCUT2D eigenvalue weighted by atomic mass is 35.5. The van der Waals surface area contributed by atoms with Crippen LogP contribution < -0.4 is 11.3 Å². The molecule has 4 aromatic rings. The topological polar surface area (TPSA) is 214 Å². The summed E-state index contributed by atoms with van der Waals surface area (Å²) in [6.07, 6.45) is 6.48. The van der Waals surface area contributed by atoms with E-state index in [0.717, 1.165) is 0 Å². The number of halogens is 1. The number of nitrogens with zero attached hydrogens (tertiary/aromatic N) is 5. The molecule has 4 rings (SSSR count). The lowest BCUT2D eigenvalue weighted by atomic mass is 9.92. The van der Waals surface area contributed by atoms with Crippen LogP contribution in [-0.2, 0) is 43.5 Å². The molecule has 0 radical (unpaired) electrons. The van der Waals surface area contributed by atoms with E-state index < -0.39 is 48.8 Å². The van der Waals surface area contributed by atoms with E-state index in [-0.39, 0.29) is 40.1 Å². The molecule has 0 aliphatic rings. The van der Waals surface area contributed by atoms with Gasteiger partial charge in [-0.2, -0.15) is 9.97 Å². The van der Waals surface area contributed by atoms with E-state index in [9.17, 15) is 29.7 Å². The molecule has 236 valence electrons. The van der Waals surface area contributed by atoms with Gasteiger partial charge in [0.2, 0.25) is 5.28 Å². The quantitative estimate of drug-likeness (QED) is 0.0862. The van der Waals surface area contributed by atoms with E-state index in [1.165, 1.54) is 41.8 Å². The molecule has 0 spiro atoms. The second-order valence-electron chi connectivity index (χ2n) is 9.95. The van der Waals surface area contributed by atoms with Gasteiger partial charge < -0.3 is 39.8 Å². The van der Waals surface area contributed by atoms with Crippen LogP contribution in [0, 0.1) is 12.3 Å². The van der Waals surface area contributed by atoms with Gasteiger partial charge in [-0.05, 0) is 34.9 Å². The molecule has 5 N–H and O–H groups in total. The molecule has 15 nitrogen and oxygen atoms in total. The SMILES string of the molecule is C#C[C@](O)(Cn1cnc2c(N)nc(Cl)nc21)[C@@H](COC(Cc1ccc(-c2cccn(COC)c2=O)cc1)(C(=O)O)C(=O)O)OC. The second-order valence-corrected chi connectivity index (χ2v) is 10.3. The minimum absolute atomic E-state index is 0.00711. The summed E-state index contributed by atoms with van der Waals surface area (Å²) in [6, 6.07) is 9.39. The fraction of sp³-hybridized carbons (Fsp3) is 0.310. The van der Waals surface area contributed by atoms with Crippen molar-refractivity contribution >= 4 is 40.5 Å². The van der Waals surface area contributed by atoms with Crippen LogP contribution >= 0.6 is 11.6 Å². The van der Waals surface area contributed by atoms with Crippen molar-refractivity contribution in [3.8, 4) is 23.5 Å². The number of aromatic nitrogens is 5. The molecule has 0 unspecified atom stereocenters. The van der Waals surface area contributed by atoms with Crippen LogP contribution in [0.15, 0.2) is 53.7 Å². The standard InChI is InChI=1S/C29H29ClN6O9/c1-4-28(42,14-36-15-32-21-22(31)33-27(30)34-23(21)36)20(44-3)13-45-29(25(38)39,26(40)41)12-17-7-9-18(10-8-17)19-6-5-11-35(16-43-2)24(19)37/h1,5-11,15,20,42H,12-14,16H2,2-3H3,(H,38,39)(H,40,41)(H2,31,33,34)/t20-,28+/m1/s1. The Balaban J connectivity index is 1.58. The van der Waals surface area contributed by atoms with Crippen molar-refractivity contribution in [1.29, 1.82) is 0 Å². The molecule has 0 aliphatic carbocycles. The Bertz CT molecular complexity index is 1800. The lowest BCUT2D eigenvalue weighted by Gasteiger charge is -2.33. The molecule has 45 heavy (non-hydrogen) atoms. The van der Waals surface area contributed by atoms with E-state index in [0.29, 0.717) is 11.1 Å². The maximum absolute atomic E-state index is 12.8. The van der Waals surface area contributed by atoms with Gasteiger partial charge in [-0.1, -0.05) is 30.2 Å². The first kappa shape index (κ1) is 33.1. The van der Waals surface area contributed by atoms with Gasteiger partial charge in [-0.15, -0.1) is 6.42 Å². The van der Waals surface area contributed by atoms with Crippen molar-refractivity contribution in [2.24, 2.45) is 0 Å². The number of nitrogen functional groups attached to an aromatic ring is 1. The number of imidazole rings is 1. The van der Waals surface area contributed by atoms with Crippen LogP contribution in [-0.4, -0.2) is 89.5 Å².